The number of hydrogen-bond acceptors (Lipinski definition) is 2. The second-order valence-electron chi connectivity index (χ2n) is 7.68. The topological polar surface area (TPSA) is 34.1 Å². The summed E-state index contributed by atoms with van der Waals surface area (Å²) in [7, 11) is 0. The van der Waals surface area contributed by atoms with E-state index in [9.17, 15) is 9.59 Å². The molecule has 0 aromatic heterocycles. The predicted octanol–water partition coefficient (Wildman–Crippen LogP) is 5.73. The number of unbranched alkanes of at least 4 members (excludes halogenated alkanes) is 1. The van der Waals surface area contributed by atoms with Crippen LogP contribution in [0.4, 0.5) is 0 Å². The van der Waals surface area contributed by atoms with E-state index in [1.165, 1.54) is 44.9 Å². The minimum Gasteiger partial charge on any atom is -0.300 e. The molecule has 0 spiro atoms. The standard InChI is InChI=1S/C20H36O2/c1-4-5-9-17-10-6-7-11-18(17)15-20(22)13-8-12-19(21)14-16(2)3/h16-18H,4-15H2,1-3H3. The molecule has 2 unspecified atom stereocenters. The van der Waals surface area contributed by atoms with Gasteiger partial charge in [0.25, 0.3) is 0 Å². The van der Waals surface area contributed by atoms with Gasteiger partial charge in [0.15, 0.2) is 0 Å². The first kappa shape index (κ1) is 19.4. The molecule has 2 heteroatoms. The predicted molar refractivity (Wildman–Crippen MR) is 92.9 cm³/mol. The molecule has 0 amide bonds. The largest absolute Gasteiger partial charge is 0.300 e. The maximum Gasteiger partial charge on any atom is 0.133 e. The molecule has 0 bridgehead atoms. The third-order valence-corrected chi connectivity index (χ3v) is 5.03. The smallest absolute Gasteiger partial charge is 0.133 e. The molecule has 0 N–H and O–H groups in total. The van der Waals surface area contributed by atoms with E-state index >= 15 is 0 Å². The molecule has 22 heavy (non-hydrogen) atoms. The summed E-state index contributed by atoms with van der Waals surface area (Å²) in [5, 5.41) is 0. The fourth-order valence-corrected chi connectivity index (χ4v) is 3.83. The number of Topliss-reactive ketones (excluding diaryl/α,β-unsaturated/α-hetero) is 2. The molecule has 0 radical (unpaired) electrons. The van der Waals surface area contributed by atoms with E-state index in [1.54, 1.807) is 0 Å². The minimum atomic E-state index is 0.321. The van der Waals surface area contributed by atoms with E-state index < -0.39 is 0 Å². The molecule has 0 aliphatic heterocycles. The van der Waals surface area contributed by atoms with Gasteiger partial charge in [-0.05, 0) is 30.6 Å². The van der Waals surface area contributed by atoms with E-state index in [4.69, 9.17) is 0 Å². The molecule has 0 aromatic rings. The van der Waals surface area contributed by atoms with Crippen LogP contribution in [0, 0.1) is 17.8 Å². The summed E-state index contributed by atoms with van der Waals surface area (Å²) in [5.41, 5.74) is 0. The average Bonchev–Trinajstić information content (AvgIpc) is 2.45. The molecular formula is C20H36O2. The maximum atomic E-state index is 12.2. The zero-order valence-corrected chi connectivity index (χ0v) is 15.0. The van der Waals surface area contributed by atoms with Crippen molar-refractivity contribution < 1.29 is 9.59 Å². The van der Waals surface area contributed by atoms with Crippen LogP contribution in [0.25, 0.3) is 0 Å². The molecule has 0 heterocycles. The zero-order valence-electron chi connectivity index (χ0n) is 15.0. The first-order valence-corrected chi connectivity index (χ1v) is 9.56. The lowest BCUT2D eigenvalue weighted by Gasteiger charge is -2.31. The Morgan fingerprint density at radius 3 is 2.23 bits per heavy atom. The SMILES string of the molecule is CCCCC1CCCCC1CC(=O)CCCC(=O)CC(C)C. The first-order chi connectivity index (χ1) is 10.5. The zero-order chi connectivity index (χ0) is 16.4. The van der Waals surface area contributed by atoms with Crippen LogP contribution >= 0.6 is 0 Å². The molecule has 1 fully saturated rings. The number of hydrogen-bond donors (Lipinski definition) is 0. The highest BCUT2D eigenvalue weighted by Crippen LogP contribution is 2.36. The Balaban J connectivity index is 2.25. The van der Waals surface area contributed by atoms with Crippen molar-refractivity contribution in [2.24, 2.45) is 17.8 Å². The van der Waals surface area contributed by atoms with Gasteiger partial charge in [-0.1, -0.05) is 59.3 Å². The number of carbonyl (C=O) groups is 2. The summed E-state index contributed by atoms with van der Waals surface area (Å²) in [5.74, 6) is 2.55. The Morgan fingerprint density at radius 2 is 1.59 bits per heavy atom. The molecule has 0 aromatic carbocycles. The molecule has 1 aliphatic carbocycles. The lowest BCUT2D eigenvalue weighted by Crippen LogP contribution is -2.22. The highest BCUT2D eigenvalue weighted by Gasteiger charge is 2.26. The Labute approximate surface area is 137 Å². The van der Waals surface area contributed by atoms with Crippen LogP contribution in [0.3, 0.4) is 0 Å². The van der Waals surface area contributed by atoms with Crippen molar-refractivity contribution >= 4 is 11.6 Å². The quantitative estimate of drug-likeness (QED) is 0.488. The van der Waals surface area contributed by atoms with Gasteiger partial charge in [0.05, 0.1) is 0 Å². The highest BCUT2D eigenvalue weighted by atomic mass is 16.1. The fourth-order valence-electron chi connectivity index (χ4n) is 3.83. The number of rotatable bonds is 11. The first-order valence-electron chi connectivity index (χ1n) is 9.56. The molecule has 128 valence electrons. The average molecular weight is 309 g/mol. The second-order valence-corrected chi connectivity index (χ2v) is 7.68. The third-order valence-electron chi connectivity index (χ3n) is 5.03. The van der Waals surface area contributed by atoms with Crippen LogP contribution in [0.2, 0.25) is 0 Å². The Morgan fingerprint density at radius 1 is 0.955 bits per heavy atom. The van der Waals surface area contributed by atoms with Crippen molar-refractivity contribution in [2.45, 2.75) is 97.8 Å². The lowest BCUT2D eigenvalue weighted by atomic mass is 9.74. The lowest BCUT2D eigenvalue weighted by molar-refractivity contribution is -0.121. The Kier molecular flexibility index (Phi) is 9.66. The van der Waals surface area contributed by atoms with Gasteiger partial charge in [0, 0.05) is 25.7 Å². The summed E-state index contributed by atoms with van der Waals surface area (Å²) < 4.78 is 0. The minimum absolute atomic E-state index is 0.321. The number of carbonyl (C=O) groups excluding carboxylic acids is 2. The van der Waals surface area contributed by atoms with Crippen LogP contribution in [0.1, 0.15) is 97.8 Å². The van der Waals surface area contributed by atoms with Gasteiger partial charge in [-0.3, -0.25) is 9.59 Å². The van der Waals surface area contributed by atoms with Gasteiger partial charge in [-0.15, -0.1) is 0 Å². The van der Waals surface area contributed by atoms with Crippen molar-refractivity contribution in [3.8, 4) is 0 Å². The van der Waals surface area contributed by atoms with Gasteiger partial charge >= 0.3 is 0 Å². The van der Waals surface area contributed by atoms with Crippen molar-refractivity contribution in [3.63, 3.8) is 0 Å². The monoisotopic (exact) mass is 308 g/mol. The molecule has 1 aliphatic rings. The van der Waals surface area contributed by atoms with Gasteiger partial charge in [-0.2, -0.15) is 0 Å². The summed E-state index contributed by atoms with van der Waals surface area (Å²) in [4.78, 5) is 23.9. The maximum absolute atomic E-state index is 12.2. The van der Waals surface area contributed by atoms with E-state index in [0.29, 0.717) is 42.7 Å². The van der Waals surface area contributed by atoms with Crippen LogP contribution in [0.5, 0.6) is 0 Å². The second kappa shape index (κ2) is 11.0. The van der Waals surface area contributed by atoms with E-state index in [2.05, 4.69) is 20.8 Å². The summed E-state index contributed by atoms with van der Waals surface area (Å²) in [6, 6.07) is 0. The molecule has 1 saturated carbocycles. The Bertz CT molecular complexity index is 333. The molecule has 1 rings (SSSR count). The van der Waals surface area contributed by atoms with Crippen molar-refractivity contribution in [1.82, 2.24) is 0 Å². The van der Waals surface area contributed by atoms with Crippen LogP contribution in [-0.4, -0.2) is 11.6 Å². The van der Waals surface area contributed by atoms with Crippen LogP contribution in [0.15, 0.2) is 0 Å². The van der Waals surface area contributed by atoms with Gasteiger partial charge in [-0.25, -0.2) is 0 Å². The van der Waals surface area contributed by atoms with Gasteiger partial charge in [0.2, 0.25) is 0 Å². The van der Waals surface area contributed by atoms with Gasteiger partial charge < -0.3 is 0 Å². The summed E-state index contributed by atoms with van der Waals surface area (Å²) in [6.45, 7) is 6.39. The van der Waals surface area contributed by atoms with Crippen LogP contribution in [-0.2, 0) is 9.59 Å². The van der Waals surface area contributed by atoms with E-state index in [1.807, 2.05) is 0 Å². The third kappa shape index (κ3) is 8.10. The van der Waals surface area contributed by atoms with E-state index in [0.717, 1.165) is 18.8 Å². The molecule has 0 saturated heterocycles. The van der Waals surface area contributed by atoms with Crippen LogP contribution < -0.4 is 0 Å². The molecule has 2 nitrogen and oxygen atoms in total. The van der Waals surface area contributed by atoms with Gasteiger partial charge in [0.1, 0.15) is 11.6 Å². The summed E-state index contributed by atoms with van der Waals surface area (Å²) in [6.07, 6.45) is 12.5. The highest BCUT2D eigenvalue weighted by molar-refractivity contribution is 5.81. The fraction of sp³-hybridized carbons (Fsp3) is 0.900. The Hall–Kier alpha value is -0.660. The number of ketones is 2. The molecular weight excluding hydrogens is 272 g/mol. The summed E-state index contributed by atoms with van der Waals surface area (Å²) >= 11 is 0. The van der Waals surface area contributed by atoms with Crippen molar-refractivity contribution in [2.75, 3.05) is 0 Å². The van der Waals surface area contributed by atoms with Crippen molar-refractivity contribution in [3.05, 3.63) is 0 Å². The normalized spacial score (nSPS) is 22.0. The molecule has 2 atom stereocenters. The van der Waals surface area contributed by atoms with Crippen molar-refractivity contribution in [1.29, 1.82) is 0 Å². The van der Waals surface area contributed by atoms with E-state index in [-0.39, 0.29) is 0 Å².